The van der Waals surface area contributed by atoms with Crippen LogP contribution in [0, 0.1) is 23.7 Å². The molecule has 3 aliphatic carbocycles. The molecule has 0 aliphatic heterocycles. The zero-order chi connectivity index (χ0) is 24.2. The fourth-order valence-electron chi connectivity index (χ4n) is 7.72. The van der Waals surface area contributed by atoms with Crippen molar-refractivity contribution in [3.8, 4) is 0 Å². The van der Waals surface area contributed by atoms with Gasteiger partial charge in [0.15, 0.2) is 0 Å². The van der Waals surface area contributed by atoms with Gasteiger partial charge in [0.2, 0.25) is 0 Å². The lowest BCUT2D eigenvalue weighted by Crippen LogP contribution is -2.66. The molecule has 0 radical (unpaired) electrons. The Morgan fingerprint density at radius 1 is 0.278 bits per heavy atom. The maximum absolute atomic E-state index is 14.4. The van der Waals surface area contributed by atoms with Crippen LogP contribution in [0.1, 0.15) is 45.9 Å². The van der Waals surface area contributed by atoms with Gasteiger partial charge in [-0.3, -0.25) is 9.59 Å². The number of rotatable bonds is 4. The third kappa shape index (κ3) is 3.03. The molecular formula is C34H28O2. The number of Topliss-reactive ketones (excluding diaryl/α,β-unsaturated/α-hetero) is 2. The van der Waals surface area contributed by atoms with E-state index in [4.69, 9.17) is 0 Å². The minimum atomic E-state index is -0.241. The van der Waals surface area contributed by atoms with Crippen molar-refractivity contribution in [1.82, 2.24) is 0 Å². The molecule has 0 saturated heterocycles. The maximum Gasteiger partial charge on any atom is 0.141 e. The monoisotopic (exact) mass is 468 g/mol. The van der Waals surface area contributed by atoms with E-state index in [0.29, 0.717) is 11.6 Å². The van der Waals surface area contributed by atoms with Crippen molar-refractivity contribution in [2.75, 3.05) is 0 Å². The van der Waals surface area contributed by atoms with Gasteiger partial charge in [-0.15, -0.1) is 0 Å². The zero-order valence-corrected chi connectivity index (χ0v) is 20.0. The van der Waals surface area contributed by atoms with Crippen LogP contribution in [0.4, 0.5) is 0 Å². The summed E-state index contributed by atoms with van der Waals surface area (Å²) in [4.78, 5) is 28.7. The average molecular weight is 469 g/mol. The molecule has 2 heteroatoms. The number of carbonyl (C=O) groups excluding carboxylic acids is 2. The van der Waals surface area contributed by atoms with Gasteiger partial charge >= 0.3 is 0 Å². The smallest absolute Gasteiger partial charge is 0.141 e. The van der Waals surface area contributed by atoms with E-state index in [1.807, 2.05) is 72.8 Å². The molecule has 0 bridgehead atoms. The van der Waals surface area contributed by atoms with Crippen LogP contribution < -0.4 is 0 Å². The fourth-order valence-corrected chi connectivity index (χ4v) is 7.72. The van der Waals surface area contributed by atoms with E-state index in [1.54, 1.807) is 0 Å². The molecule has 3 aliphatic rings. The van der Waals surface area contributed by atoms with Crippen molar-refractivity contribution >= 4 is 11.6 Å². The van der Waals surface area contributed by atoms with Gasteiger partial charge in [0.25, 0.3) is 0 Å². The molecule has 176 valence electrons. The number of fused-ring (bicyclic) bond motifs is 2. The summed E-state index contributed by atoms with van der Waals surface area (Å²) in [5, 5.41) is 0. The first-order valence-corrected chi connectivity index (χ1v) is 13.0. The molecule has 0 N–H and O–H groups in total. The summed E-state index contributed by atoms with van der Waals surface area (Å²) in [6.07, 6.45) is 0. The Balaban J connectivity index is 1.35. The van der Waals surface area contributed by atoms with Gasteiger partial charge in [0.1, 0.15) is 11.6 Å². The van der Waals surface area contributed by atoms with Crippen LogP contribution in [0.5, 0.6) is 0 Å². The predicted molar refractivity (Wildman–Crippen MR) is 141 cm³/mol. The topological polar surface area (TPSA) is 34.1 Å². The first kappa shape index (κ1) is 21.5. The molecule has 0 amide bonds. The molecule has 0 unspecified atom stereocenters. The Hall–Kier alpha value is -3.78. The number of carbonyl (C=O) groups is 2. The quantitative estimate of drug-likeness (QED) is 0.331. The second kappa shape index (κ2) is 8.41. The maximum atomic E-state index is 14.4. The molecule has 3 fully saturated rings. The highest BCUT2D eigenvalue weighted by Gasteiger charge is 2.70. The Kier molecular flexibility index (Phi) is 5.02. The number of hydrogen-bond acceptors (Lipinski definition) is 2. The number of ketones is 2. The highest BCUT2D eigenvalue weighted by atomic mass is 16.1. The lowest BCUT2D eigenvalue weighted by Gasteiger charge is -2.63. The van der Waals surface area contributed by atoms with Crippen LogP contribution in [0.15, 0.2) is 121 Å². The van der Waals surface area contributed by atoms with Gasteiger partial charge in [-0.05, 0) is 22.3 Å². The second-order valence-corrected chi connectivity index (χ2v) is 10.7. The summed E-state index contributed by atoms with van der Waals surface area (Å²) in [5.74, 6) is -0.191. The van der Waals surface area contributed by atoms with Crippen LogP contribution in [0.2, 0.25) is 0 Å². The molecule has 4 aromatic rings. The first-order valence-electron chi connectivity index (χ1n) is 13.0. The minimum Gasteiger partial charge on any atom is -0.299 e. The standard InChI is InChI=1S/C34H28O2/c35-33-29-25(21-13-5-1-6-14-21)26(22-15-7-2-8-16-22)30(29)34(36)32-28(24-19-11-4-12-20-24)27(31(32)33)23-17-9-3-10-18-23/h1-20,25-32H/t25-,26+,27+,28-,29+,30-,31-,32+. The van der Waals surface area contributed by atoms with Crippen molar-refractivity contribution in [2.45, 2.75) is 23.7 Å². The largest absolute Gasteiger partial charge is 0.299 e. The summed E-state index contributed by atoms with van der Waals surface area (Å²) in [5.41, 5.74) is 4.68. The van der Waals surface area contributed by atoms with E-state index in [9.17, 15) is 9.59 Å². The van der Waals surface area contributed by atoms with Gasteiger partial charge in [0.05, 0.1) is 0 Å². The van der Waals surface area contributed by atoms with Crippen molar-refractivity contribution in [1.29, 1.82) is 0 Å². The highest BCUT2D eigenvalue weighted by Crippen LogP contribution is 2.69. The van der Waals surface area contributed by atoms with Crippen LogP contribution in [0.3, 0.4) is 0 Å². The third-order valence-corrected chi connectivity index (χ3v) is 9.15. The highest BCUT2D eigenvalue weighted by molar-refractivity contribution is 6.05. The van der Waals surface area contributed by atoms with Gasteiger partial charge in [-0.1, -0.05) is 121 Å². The van der Waals surface area contributed by atoms with Gasteiger partial charge in [-0.2, -0.15) is 0 Å². The van der Waals surface area contributed by atoms with Crippen molar-refractivity contribution < 1.29 is 9.59 Å². The van der Waals surface area contributed by atoms with Crippen molar-refractivity contribution in [3.05, 3.63) is 144 Å². The molecule has 36 heavy (non-hydrogen) atoms. The van der Waals surface area contributed by atoms with E-state index in [1.165, 1.54) is 22.3 Å². The van der Waals surface area contributed by atoms with Crippen molar-refractivity contribution in [3.63, 3.8) is 0 Å². The second-order valence-electron chi connectivity index (χ2n) is 10.7. The Morgan fingerprint density at radius 2 is 0.472 bits per heavy atom. The third-order valence-electron chi connectivity index (χ3n) is 9.15. The van der Waals surface area contributed by atoms with Crippen LogP contribution in [-0.2, 0) is 9.59 Å². The Labute approximate surface area is 212 Å². The molecule has 0 heterocycles. The lowest BCUT2D eigenvalue weighted by atomic mass is 9.37. The van der Waals surface area contributed by atoms with Gasteiger partial charge in [0, 0.05) is 47.3 Å². The van der Waals surface area contributed by atoms with E-state index >= 15 is 0 Å². The average Bonchev–Trinajstić information content (AvgIpc) is 2.89. The molecule has 4 aromatic carbocycles. The lowest BCUT2D eigenvalue weighted by molar-refractivity contribution is -0.168. The Bertz CT molecular complexity index is 1180. The van der Waals surface area contributed by atoms with Crippen LogP contribution in [0.25, 0.3) is 0 Å². The Morgan fingerprint density at radius 3 is 0.667 bits per heavy atom. The zero-order valence-electron chi connectivity index (χ0n) is 20.0. The first-order chi connectivity index (χ1) is 17.8. The SMILES string of the molecule is O=C1[C@@H]2[C@H](C(=O)[C@@H]3[C@H]1[C@@H](c1ccccc1)[C@H]3c1ccccc1)[C@@H](c1ccccc1)[C@H]2c1ccccc1. The molecule has 3 saturated carbocycles. The van der Waals surface area contributed by atoms with Gasteiger partial charge < -0.3 is 0 Å². The van der Waals surface area contributed by atoms with Crippen LogP contribution in [-0.4, -0.2) is 11.6 Å². The van der Waals surface area contributed by atoms with E-state index in [-0.39, 0.29) is 47.3 Å². The summed E-state index contributed by atoms with van der Waals surface area (Å²) >= 11 is 0. The minimum absolute atomic E-state index is 0.0446. The summed E-state index contributed by atoms with van der Waals surface area (Å²) in [7, 11) is 0. The molecule has 2 nitrogen and oxygen atoms in total. The molecule has 7 rings (SSSR count). The predicted octanol–water partition coefficient (Wildman–Crippen LogP) is 6.77. The molecule has 0 spiro atoms. The van der Waals surface area contributed by atoms with Crippen LogP contribution >= 0.6 is 0 Å². The van der Waals surface area contributed by atoms with E-state index in [0.717, 1.165) is 0 Å². The summed E-state index contributed by atoms with van der Waals surface area (Å²) in [6.45, 7) is 0. The van der Waals surface area contributed by atoms with Crippen molar-refractivity contribution in [2.24, 2.45) is 23.7 Å². The fraction of sp³-hybridized carbons (Fsp3) is 0.235. The molecule has 0 aromatic heterocycles. The number of hydrogen-bond donors (Lipinski definition) is 0. The molecule has 8 atom stereocenters. The molecular weight excluding hydrogens is 440 g/mol. The normalized spacial score (nSPS) is 32.6. The summed E-state index contributed by atoms with van der Waals surface area (Å²) in [6, 6.07) is 41.5. The van der Waals surface area contributed by atoms with E-state index < -0.39 is 0 Å². The van der Waals surface area contributed by atoms with E-state index in [2.05, 4.69) is 48.5 Å². The summed E-state index contributed by atoms with van der Waals surface area (Å²) < 4.78 is 0. The number of benzene rings is 4. The van der Waals surface area contributed by atoms with Gasteiger partial charge in [-0.25, -0.2) is 0 Å².